The van der Waals surface area contributed by atoms with Gasteiger partial charge in [0.1, 0.15) is 0 Å². The number of aliphatic hydroxyl groups excluding tert-OH is 1. The van der Waals surface area contributed by atoms with Gasteiger partial charge in [-0.25, -0.2) is 0 Å². The standard InChI is InChI=1S/C28H20O3/c29-16-15-20-17-23(18-9-3-1-4-10-18)25-26(24(20)19-11-5-2-6-12-19)28(31)22-14-8-7-13-21(22)27(25)30/h1-14,17,29H,15-16H2. The van der Waals surface area contributed by atoms with E-state index in [1.165, 1.54) is 0 Å². The molecule has 0 amide bonds. The van der Waals surface area contributed by atoms with E-state index in [4.69, 9.17) is 0 Å². The monoisotopic (exact) mass is 404 g/mol. The number of rotatable bonds is 4. The third-order valence-electron chi connectivity index (χ3n) is 5.81. The number of benzene rings is 4. The Kier molecular flexibility index (Phi) is 4.81. The van der Waals surface area contributed by atoms with Gasteiger partial charge in [0.05, 0.1) is 0 Å². The first-order chi connectivity index (χ1) is 15.2. The predicted molar refractivity (Wildman–Crippen MR) is 121 cm³/mol. The molecule has 0 aliphatic heterocycles. The molecule has 4 aromatic carbocycles. The molecule has 3 nitrogen and oxygen atoms in total. The summed E-state index contributed by atoms with van der Waals surface area (Å²) in [6.07, 6.45) is 0.389. The van der Waals surface area contributed by atoms with Gasteiger partial charge in [0.2, 0.25) is 0 Å². The predicted octanol–water partition coefficient (Wildman–Crippen LogP) is 5.33. The Hall–Kier alpha value is -3.82. The number of ketones is 2. The molecule has 3 heteroatoms. The second-order valence-corrected chi connectivity index (χ2v) is 7.62. The first-order valence-electron chi connectivity index (χ1n) is 10.3. The second kappa shape index (κ2) is 7.78. The smallest absolute Gasteiger partial charge is 0.195 e. The van der Waals surface area contributed by atoms with Gasteiger partial charge in [-0.05, 0) is 40.3 Å². The molecule has 0 fully saturated rings. The van der Waals surface area contributed by atoms with Gasteiger partial charge in [-0.2, -0.15) is 0 Å². The van der Waals surface area contributed by atoms with Crippen LogP contribution in [-0.4, -0.2) is 23.3 Å². The van der Waals surface area contributed by atoms with Crippen LogP contribution in [0.5, 0.6) is 0 Å². The number of fused-ring (bicyclic) bond motifs is 2. The maximum atomic E-state index is 13.8. The van der Waals surface area contributed by atoms with Crippen LogP contribution in [-0.2, 0) is 6.42 Å². The molecular formula is C28H20O3. The highest BCUT2D eigenvalue weighted by atomic mass is 16.3. The summed E-state index contributed by atoms with van der Waals surface area (Å²) >= 11 is 0. The summed E-state index contributed by atoms with van der Waals surface area (Å²) in [5.41, 5.74) is 5.79. The van der Waals surface area contributed by atoms with Crippen molar-refractivity contribution in [3.63, 3.8) is 0 Å². The minimum absolute atomic E-state index is 0.0500. The molecule has 4 aromatic rings. The lowest BCUT2D eigenvalue weighted by Gasteiger charge is -2.25. The Bertz CT molecular complexity index is 1310. The van der Waals surface area contributed by atoms with E-state index in [2.05, 4.69) is 0 Å². The highest BCUT2D eigenvalue weighted by molar-refractivity contribution is 6.32. The van der Waals surface area contributed by atoms with Crippen LogP contribution in [0.25, 0.3) is 22.3 Å². The van der Waals surface area contributed by atoms with Crippen molar-refractivity contribution in [3.8, 4) is 22.3 Å². The molecule has 0 radical (unpaired) electrons. The fourth-order valence-electron chi connectivity index (χ4n) is 4.45. The Morgan fingerprint density at radius 1 is 0.548 bits per heavy atom. The molecular weight excluding hydrogens is 384 g/mol. The van der Waals surface area contributed by atoms with Crippen LogP contribution in [0, 0.1) is 0 Å². The number of aliphatic hydroxyl groups is 1. The molecule has 1 N–H and O–H groups in total. The molecule has 0 unspecified atom stereocenters. The van der Waals surface area contributed by atoms with Crippen LogP contribution in [0.15, 0.2) is 91.0 Å². The highest BCUT2D eigenvalue weighted by Crippen LogP contribution is 2.42. The van der Waals surface area contributed by atoms with E-state index in [1.807, 2.05) is 66.7 Å². The number of carbonyl (C=O) groups excluding carboxylic acids is 2. The Morgan fingerprint density at radius 3 is 1.65 bits per heavy atom. The van der Waals surface area contributed by atoms with E-state index < -0.39 is 0 Å². The molecule has 0 heterocycles. The van der Waals surface area contributed by atoms with E-state index in [-0.39, 0.29) is 18.2 Å². The summed E-state index contributed by atoms with van der Waals surface area (Å²) in [7, 11) is 0. The van der Waals surface area contributed by atoms with E-state index in [0.29, 0.717) is 28.7 Å². The van der Waals surface area contributed by atoms with Gasteiger partial charge in [-0.3, -0.25) is 9.59 Å². The molecule has 0 bridgehead atoms. The summed E-state index contributed by atoms with van der Waals surface area (Å²) in [4.78, 5) is 27.5. The maximum absolute atomic E-state index is 13.8. The van der Waals surface area contributed by atoms with Gasteiger partial charge in [0.15, 0.2) is 11.6 Å². The van der Waals surface area contributed by atoms with Gasteiger partial charge in [-0.15, -0.1) is 0 Å². The van der Waals surface area contributed by atoms with Crippen molar-refractivity contribution in [2.24, 2.45) is 0 Å². The molecule has 1 aliphatic rings. The molecule has 0 saturated heterocycles. The van der Waals surface area contributed by atoms with Crippen molar-refractivity contribution in [1.29, 1.82) is 0 Å². The largest absolute Gasteiger partial charge is 0.396 e. The van der Waals surface area contributed by atoms with Crippen LogP contribution < -0.4 is 0 Å². The average molecular weight is 404 g/mol. The topological polar surface area (TPSA) is 54.4 Å². The van der Waals surface area contributed by atoms with Crippen molar-refractivity contribution in [2.45, 2.75) is 6.42 Å². The number of hydrogen-bond acceptors (Lipinski definition) is 3. The Balaban J connectivity index is 1.92. The van der Waals surface area contributed by atoms with E-state index >= 15 is 0 Å². The van der Waals surface area contributed by atoms with E-state index in [0.717, 1.165) is 27.8 Å². The third kappa shape index (κ3) is 3.11. The highest BCUT2D eigenvalue weighted by Gasteiger charge is 2.35. The summed E-state index contributed by atoms with van der Waals surface area (Å²) in [5.74, 6) is -0.294. The fraction of sp³-hybridized carbons (Fsp3) is 0.0714. The van der Waals surface area contributed by atoms with E-state index in [9.17, 15) is 14.7 Å². The number of carbonyl (C=O) groups is 2. The quantitative estimate of drug-likeness (QED) is 0.440. The third-order valence-corrected chi connectivity index (χ3v) is 5.81. The second-order valence-electron chi connectivity index (χ2n) is 7.62. The van der Waals surface area contributed by atoms with Gasteiger partial charge in [0, 0.05) is 28.9 Å². The van der Waals surface area contributed by atoms with Gasteiger partial charge < -0.3 is 5.11 Å². The molecule has 1 aliphatic carbocycles. The lowest BCUT2D eigenvalue weighted by molar-refractivity contribution is 0.0980. The molecule has 0 saturated carbocycles. The van der Waals surface area contributed by atoms with Crippen LogP contribution >= 0.6 is 0 Å². The Morgan fingerprint density at radius 2 is 1.06 bits per heavy atom. The van der Waals surface area contributed by atoms with Crippen LogP contribution in [0.4, 0.5) is 0 Å². The zero-order chi connectivity index (χ0) is 21.4. The lowest BCUT2D eigenvalue weighted by atomic mass is 9.75. The first kappa shape index (κ1) is 19.2. The Labute approximate surface area is 180 Å². The molecule has 31 heavy (non-hydrogen) atoms. The van der Waals surface area contributed by atoms with Crippen LogP contribution in [0.2, 0.25) is 0 Å². The number of hydrogen-bond donors (Lipinski definition) is 1. The van der Waals surface area contributed by atoms with Gasteiger partial charge >= 0.3 is 0 Å². The summed E-state index contributed by atoms with van der Waals surface area (Å²) in [6.45, 7) is -0.0500. The van der Waals surface area contributed by atoms with Gasteiger partial charge in [-0.1, -0.05) is 84.9 Å². The van der Waals surface area contributed by atoms with Crippen molar-refractivity contribution < 1.29 is 14.7 Å². The maximum Gasteiger partial charge on any atom is 0.195 e. The van der Waals surface area contributed by atoms with Crippen LogP contribution in [0.1, 0.15) is 37.4 Å². The van der Waals surface area contributed by atoms with Crippen molar-refractivity contribution in [2.75, 3.05) is 6.61 Å². The summed E-state index contributed by atoms with van der Waals surface area (Å²) < 4.78 is 0. The van der Waals surface area contributed by atoms with Crippen molar-refractivity contribution >= 4 is 11.6 Å². The average Bonchev–Trinajstić information content (AvgIpc) is 2.83. The molecule has 0 aromatic heterocycles. The summed E-state index contributed by atoms with van der Waals surface area (Å²) in [5, 5.41) is 9.78. The SMILES string of the molecule is O=C1c2ccccc2C(=O)c2c1c(-c1ccccc1)cc(CCO)c2-c1ccccc1. The lowest BCUT2D eigenvalue weighted by Crippen LogP contribution is -2.23. The fourth-order valence-corrected chi connectivity index (χ4v) is 4.45. The van der Waals surface area contributed by atoms with Crippen molar-refractivity contribution in [1.82, 2.24) is 0 Å². The molecule has 5 rings (SSSR count). The minimum atomic E-state index is -0.152. The minimum Gasteiger partial charge on any atom is -0.396 e. The first-order valence-corrected chi connectivity index (χ1v) is 10.3. The zero-order valence-corrected chi connectivity index (χ0v) is 16.8. The van der Waals surface area contributed by atoms with Crippen molar-refractivity contribution in [3.05, 3.63) is 119 Å². The van der Waals surface area contributed by atoms with Crippen LogP contribution in [0.3, 0.4) is 0 Å². The molecule has 150 valence electrons. The summed E-state index contributed by atoms with van der Waals surface area (Å²) in [6, 6.07) is 28.2. The normalized spacial score (nSPS) is 12.4. The molecule has 0 atom stereocenters. The van der Waals surface area contributed by atoms with Gasteiger partial charge in [0.25, 0.3) is 0 Å². The van der Waals surface area contributed by atoms with E-state index in [1.54, 1.807) is 24.3 Å². The zero-order valence-electron chi connectivity index (χ0n) is 16.8. The molecule has 0 spiro atoms.